The number of carbonyl (C=O) groups is 3. The second kappa shape index (κ2) is 6.30. The summed E-state index contributed by atoms with van der Waals surface area (Å²) in [6.07, 6.45) is 0.662. The highest BCUT2D eigenvalue weighted by atomic mass is 16.4. The number of rotatable bonds is 2. The van der Waals surface area contributed by atoms with Crippen LogP contribution in [0, 0.1) is 5.92 Å². The summed E-state index contributed by atoms with van der Waals surface area (Å²) in [5, 5.41) is 21.3. The Morgan fingerprint density at radius 3 is 2.57 bits per heavy atom. The predicted octanol–water partition coefficient (Wildman–Crippen LogP) is -0.916. The molecule has 0 saturated carbocycles. The van der Waals surface area contributed by atoms with Crippen molar-refractivity contribution in [2.75, 3.05) is 26.7 Å². The fraction of sp³-hybridized carbons (Fsp3) is 0.769. The lowest BCUT2D eigenvalue weighted by Crippen LogP contribution is -2.52. The zero-order valence-electron chi connectivity index (χ0n) is 12.0. The Morgan fingerprint density at radius 2 is 1.95 bits per heavy atom. The number of likely N-dealkylation sites (tertiary alicyclic amines) is 2. The van der Waals surface area contributed by atoms with Gasteiger partial charge in [0.1, 0.15) is 6.04 Å². The molecule has 2 saturated heterocycles. The van der Waals surface area contributed by atoms with Crippen LogP contribution in [0.2, 0.25) is 0 Å². The molecule has 8 heteroatoms. The van der Waals surface area contributed by atoms with E-state index in [1.54, 1.807) is 7.05 Å². The van der Waals surface area contributed by atoms with Gasteiger partial charge in [0.2, 0.25) is 5.91 Å². The fourth-order valence-electron chi connectivity index (χ4n) is 3.01. The van der Waals surface area contributed by atoms with E-state index in [1.807, 2.05) is 0 Å². The second-order valence-electron chi connectivity index (χ2n) is 5.58. The van der Waals surface area contributed by atoms with Crippen molar-refractivity contribution < 1.29 is 24.6 Å². The lowest BCUT2D eigenvalue weighted by Gasteiger charge is -2.35. The fourth-order valence-corrected chi connectivity index (χ4v) is 3.01. The van der Waals surface area contributed by atoms with Gasteiger partial charge >= 0.3 is 12.0 Å². The van der Waals surface area contributed by atoms with Crippen LogP contribution in [0.3, 0.4) is 0 Å². The number of urea groups is 1. The highest BCUT2D eigenvalue weighted by Crippen LogP contribution is 2.23. The van der Waals surface area contributed by atoms with Gasteiger partial charge in [-0.1, -0.05) is 0 Å². The Balaban J connectivity index is 2.05. The van der Waals surface area contributed by atoms with E-state index in [4.69, 9.17) is 5.11 Å². The number of β-amino-alcohol motifs (C(OH)–C–C–N with tert-alkyl or cyclic N) is 1. The van der Waals surface area contributed by atoms with Crippen molar-refractivity contribution in [2.24, 2.45) is 5.92 Å². The Morgan fingerprint density at radius 1 is 1.24 bits per heavy atom. The average Bonchev–Trinajstić information content (AvgIpc) is 2.88. The van der Waals surface area contributed by atoms with E-state index in [2.05, 4.69) is 5.32 Å². The number of carbonyl (C=O) groups excluding carboxylic acids is 2. The molecule has 2 rings (SSSR count). The van der Waals surface area contributed by atoms with Gasteiger partial charge in [-0.05, 0) is 12.8 Å². The zero-order chi connectivity index (χ0) is 15.6. The van der Waals surface area contributed by atoms with Crippen molar-refractivity contribution >= 4 is 17.9 Å². The van der Waals surface area contributed by atoms with Crippen LogP contribution >= 0.6 is 0 Å². The summed E-state index contributed by atoms with van der Waals surface area (Å²) in [6, 6.07) is -1.40. The molecule has 1 unspecified atom stereocenters. The molecule has 0 aromatic heterocycles. The van der Waals surface area contributed by atoms with E-state index in [1.165, 1.54) is 9.80 Å². The molecule has 118 valence electrons. The molecule has 2 fully saturated rings. The summed E-state index contributed by atoms with van der Waals surface area (Å²) >= 11 is 0. The molecule has 3 atom stereocenters. The third kappa shape index (κ3) is 3.26. The molecular formula is C13H21N3O5. The molecule has 2 aliphatic rings. The first kappa shape index (κ1) is 15.6. The molecular weight excluding hydrogens is 278 g/mol. The maximum absolute atomic E-state index is 12.5. The number of aliphatic hydroxyl groups is 1. The highest BCUT2D eigenvalue weighted by Gasteiger charge is 2.41. The number of hydrogen-bond donors (Lipinski definition) is 3. The van der Waals surface area contributed by atoms with Crippen LogP contribution in [0.1, 0.15) is 19.3 Å². The Labute approximate surface area is 122 Å². The standard InChI is InChI=1S/C13H21N3O5/c1-14-11(18)8-3-2-4-15(6-8)13(21)16-7-9(17)5-10(16)12(19)20/h8-10,17H,2-7H2,1H3,(H,14,18)(H,19,20)/t8?,9-,10-/m1/s1. The van der Waals surface area contributed by atoms with E-state index in [0.29, 0.717) is 19.4 Å². The minimum absolute atomic E-state index is 0.0247. The van der Waals surface area contributed by atoms with Crippen molar-refractivity contribution in [3.63, 3.8) is 0 Å². The first-order chi connectivity index (χ1) is 9.93. The normalized spacial score (nSPS) is 29.3. The minimum Gasteiger partial charge on any atom is -0.480 e. The number of nitrogens with zero attached hydrogens (tertiary/aromatic N) is 2. The number of hydrogen-bond acceptors (Lipinski definition) is 4. The summed E-state index contributed by atoms with van der Waals surface area (Å²) in [7, 11) is 1.56. The van der Waals surface area contributed by atoms with Crippen molar-refractivity contribution in [3.8, 4) is 0 Å². The lowest BCUT2D eigenvalue weighted by atomic mass is 9.97. The molecule has 0 aliphatic carbocycles. The molecule has 2 heterocycles. The first-order valence-electron chi connectivity index (χ1n) is 7.12. The van der Waals surface area contributed by atoms with E-state index in [0.717, 1.165) is 0 Å². The smallest absolute Gasteiger partial charge is 0.326 e. The molecule has 0 bridgehead atoms. The quantitative estimate of drug-likeness (QED) is 0.611. The van der Waals surface area contributed by atoms with E-state index < -0.39 is 24.1 Å². The number of aliphatic carboxylic acids is 1. The monoisotopic (exact) mass is 299 g/mol. The van der Waals surface area contributed by atoms with E-state index >= 15 is 0 Å². The van der Waals surface area contributed by atoms with Gasteiger partial charge in [-0.15, -0.1) is 0 Å². The number of amides is 3. The van der Waals surface area contributed by atoms with Gasteiger partial charge < -0.3 is 25.3 Å². The van der Waals surface area contributed by atoms with Gasteiger partial charge in [0.25, 0.3) is 0 Å². The third-order valence-corrected chi connectivity index (χ3v) is 4.12. The summed E-state index contributed by atoms with van der Waals surface area (Å²) in [4.78, 5) is 38.0. The van der Waals surface area contributed by atoms with Crippen LogP contribution in [-0.4, -0.2) is 76.7 Å². The Hall–Kier alpha value is -1.83. The van der Waals surface area contributed by atoms with Crippen molar-refractivity contribution in [3.05, 3.63) is 0 Å². The first-order valence-corrected chi connectivity index (χ1v) is 7.12. The average molecular weight is 299 g/mol. The molecule has 3 N–H and O–H groups in total. The summed E-state index contributed by atoms with van der Waals surface area (Å²) < 4.78 is 0. The molecule has 8 nitrogen and oxygen atoms in total. The third-order valence-electron chi connectivity index (χ3n) is 4.12. The van der Waals surface area contributed by atoms with Crippen LogP contribution < -0.4 is 5.32 Å². The number of piperidine rings is 1. The largest absolute Gasteiger partial charge is 0.480 e. The number of nitrogens with one attached hydrogen (secondary N) is 1. The van der Waals surface area contributed by atoms with E-state index in [9.17, 15) is 19.5 Å². The Kier molecular flexibility index (Phi) is 4.66. The van der Waals surface area contributed by atoms with Crippen LogP contribution in [0.15, 0.2) is 0 Å². The zero-order valence-corrected chi connectivity index (χ0v) is 12.0. The van der Waals surface area contributed by atoms with Crippen LogP contribution in [0.25, 0.3) is 0 Å². The second-order valence-corrected chi connectivity index (χ2v) is 5.58. The van der Waals surface area contributed by atoms with Gasteiger partial charge in [0, 0.05) is 33.1 Å². The van der Waals surface area contributed by atoms with Gasteiger partial charge in [0.15, 0.2) is 0 Å². The highest BCUT2D eigenvalue weighted by molar-refractivity contribution is 5.84. The van der Waals surface area contributed by atoms with Gasteiger partial charge in [-0.25, -0.2) is 9.59 Å². The molecule has 0 aromatic rings. The number of aliphatic hydroxyl groups excluding tert-OH is 1. The summed E-state index contributed by atoms with van der Waals surface area (Å²) in [5.41, 5.74) is 0. The molecule has 3 amide bonds. The molecule has 21 heavy (non-hydrogen) atoms. The van der Waals surface area contributed by atoms with Crippen molar-refractivity contribution in [2.45, 2.75) is 31.4 Å². The van der Waals surface area contributed by atoms with Gasteiger partial charge in [-0.3, -0.25) is 4.79 Å². The maximum Gasteiger partial charge on any atom is 0.326 e. The van der Waals surface area contributed by atoms with Gasteiger partial charge in [0.05, 0.1) is 12.0 Å². The van der Waals surface area contributed by atoms with Crippen LogP contribution in [-0.2, 0) is 9.59 Å². The van der Waals surface area contributed by atoms with Crippen LogP contribution in [0.4, 0.5) is 4.79 Å². The topological polar surface area (TPSA) is 110 Å². The molecule has 2 aliphatic heterocycles. The van der Waals surface area contributed by atoms with Crippen molar-refractivity contribution in [1.29, 1.82) is 0 Å². The van der Waals surface area contributed by atoms with Gasteiger partial charge in [-0.2, -0.15) is 0 Å². The molecule has 0 radical (unpaired) electrons. The minimum atomic E-state index is -1.11. The van der Waals surface area contributed by atoms with Crippen LogP contribution in [0.5, 0.6) is 0 Å². The predicted molar refractivity (Wildman–Crippen MR) is 72.5 cm³/mol. The number of carboxylic acids is 1. The number of carboxylic acid groups (broad SMARTS) is 1. The maximum atomic E-state index is 12.5. The molecule has 0 aromatic carbocycles. The summed E-state index contributed by atoms with van der Waals surface area (Å²) in [6.45, 7) is 0.819. The Bertz CT molecular complexity index is 442. The lowest BCUT2D eigenvalue weighted by molar-refractivity contribution is -0.141. The SMILES string of the molecule is CNC(=O)C1CCCN(C(=O)N2C[C@H](O)C[C@@H]2C(=O)O)C1. The summed E-state index contributed by atoms with van der Waals surface area (Å²) in [5.74, 6) is -1.48. The van der Waals surface area contributed by atoms with Crippen molar-refractivity contribution in [1.82, 2.24) is 15.1 Å². The molecule has 0 spiro atoms. The van der Waals surface area contributed by atoms with E-state index in [-0.39, 0.29) is 31.3 Å².